The van der Waals surface area contributed by atoms with Crippen LogP contribution in [0.15, 0.2) is 35.0 Å². The lowest BCUT2D eigenvalue weighted by atomic mass is 10.3. The molecule has 0 aliphatic carbocycles. The van der Waals surface area contributed by atoms with Gasteiger partial charge in [-0.3, -0.25) is 0 Å². The van der Waals surface area contributed by atoms with Crippen molar-refractivity contribution in [2.75, 3.05) is 13.2 Å². The summed E-state index contributed by atoms with van der Waals surface area (Å²) >= 11 is 3.45. The van der Waals surface area contributed by atoms with Crippen LogP contribution in [0, 0.1) is 0 Å². The molecule has 3 N–H and O–H groups in total. The van der Waals surface area contributed by atoms with Gasteiger partial charge in [0.1, 0.15) is 0 Å². The van der Waals surface area contributed by atoms with Gasteiger partial charge in [0.2, 0.25) is 0 Å². The minimum Gasteiger partial charge on any atom is -0.396 e. The number of hydrogen-bond acceptors (Lipinski definition) is 4. The van der Waals surface area contributed by atoms with Gasteiger partial charge in [-0.2, -0.15) is 0 Å². The van der Waals surface area contributed by atoms with Crippen molar-refractivity contribution in [1.82, 2.24) is 0 Å². The van der Waals surface area contributed by atoms with Crippen LogP contribution in [0.25, 0.3) is 0 Å². The van der Waals surface area contributed by atoms with Crippen molar-refractivity contribution >= 4 is 22.7 Å². The zero-order valence-corrected chi connectivity index (χ0v) is 10.8. The topological polar surface area (TPSA) is 46.2 Å². The van der Waals surface area contributed by atoms with E-state index in [0.717, 1.165) is 19.4 Å². The molecule has 2 heterocycles. The second kappa shape index (κ2) is 8.47. The molecule has 0 saturated heterocycles. The summed E-state index contributed by atoms with van der Waals surface area (Å²) in [6, 6.07) is 8.18. The lowest BCUT2D eigenvalue weighted by Gasteiger charge is -1.86. The average Bonchev–Trinajstić information content (AvgIpc) is 2.92. The van der Waals surface area contributed by atoms with Crippen LogP contribution >= 0.6 is 22.7 Å². The molecule has 2 aromatic rings. The molecule has 88 valence electrons. The van der Waals surface area contributed by atoms with E-state index >= 15 is 0 Å². The Bertz CT molecular complexity index is 307. The third-order valence-electron chi connectivity index (χ3n) is 1.91. The maximum atomic E-state index is 8.44. The zero-order valence-electron chi connectivity index (χ0n) is 9.13. The van der Waals surface area contributed by atoms with Crippen LogP contribution in [0.5, 0.6) is 0 Å². The fourth-order valence-corrected chi connectivity index (χ4v) is 2.59. The molecule has 2 rings (SSSR count). The number of aliphatic hydroxyl groups excluding tert-OH is 1. The van der Waals surface area contributed by atoms with E-state index in [1.165, 1.54) is 9.75 Å². The summed E-state index contributed by atoms with van der Waals surface area (Å²) in [5.74, 6) is 0. The third kappa shape index (κ3) is 5.42. The average molecular weight is 255 g/mol. The van der Waals surface area contributed by atoms with Gasteiger partial charge in [-0.05, 0) is 35.9 Å². The maximum Gasteiger partial charge on any atom is 0.0479 e. The number of hydrogen-bond donors (Lipinski definition) is 2. The molecule has 0 radical (unpaired) electrons. The van der Waals surface area contributed by atoms with E-state index in [1.807, 2.05) is 17.5 Å². The number of rotatable bonds is 4. The first-order valence-corrected chi connectivity index (χ1v) is 6.98. The predicted molar refractivity (Wildman–Crippen MR) is 72.2 cm³/mol. The Hall–Kier alpha value is -0.680. The van der Waals surface area contributed by atoms with Gasteiger partial charge < -0.3 is 10.8 Å². The summed E-state index contributed by atoms with van der Waals surface area (Å²) in [7, 11) is 0. The molecule has 0 aliphatic heterocycles. The van der Waals surface area contributed by atoms with E-state index in [2.05, 4.69) is 17.5 Å². The first-order valence-electron chi connectivity index (χ1n) is 5.22. The monoisotopic (exact) mass is 255 g/mol. The van der Waals surface area contributed by atoms with Gasteiger partial charge >= 0.3 is 0 Å². The quantitative estimate of drug-likeness (QED) is 0.882. The van der Waals surface area contributed by atoms with E-state index in [1.54, 1.807) is 22.7 Å². The van der Waals surface area contributed by atoms with Crippen LogP contribution in [0.2, 0.25) is 0 Å². The highest BCUT2D eigenvalue weighted by Gasteiger charge is 1.88. The summed E-state index contributed by atoms with van der Waals surface area (Å²) in [5, 5.41) is 12.5. The standard InChI is InChI=1S/C6H9NS.C6H8OS/c2*7-4-3-6-2-1-5-8-6/h1-2,5H,3-4,7H2;1-2,5,7H,3-4H2. The van der Waals surface area contributed by atoms with Crippen molar-refractivity contribution in [3.05, 3.63) is 44.8 Å². The maximum absolute atomic E-state index is 8.44. The van der Waals surface area contributed by atoms with Crippen LogP contribution in [0.1, 0.15) is 9.75 Å². The third-order valence-corrected chi connectivity index (χ3v) is 3.78. The van der Waals surface area contributed by atoms with Gasteiger partial charge in [0.25, 0.3) is 0 Å². The molecule has 2 nitrogen and oxygen atoms in total. The minimum absolute atomic E-state index is 0.264. The Kier molecular flexibility index (Phi) is 7.09. The van der Waals surface area contributed by atoms with Gasteiger partial charge in [-0.25, -0.2) is 0 Å². The first kappa shape index (κ1) is 13.4. The number of aliphatic hydroxyl groups is 1. The number of nitrogens with two attached hydrogens (primary N) is 1. The molecule has 0 fully saturated rings. The molecule has 0 aliphatic rings. The minimum atomic E-state index is 0.264. The molecule has 0 saturated carbocycles. The normalized spacial score (nSPS) is 9.62. The van der Waals surface area contributed by atoms with Crippen molar-refractivity contribution in [3.63, 3.8) is 0 Å². The molecular formula is C12H17NOS2. The summed E-state index contributed by atoms with van der Waals surface area (Å²) in [6.07, 6.45) is 1.83. The molecule has 0 unspecified atom stereocenters. The number of thiophene rings is 2. The predicted octanol–water partition coefficient (Wildman–Crippen LogP) is 2.53. The Morgan fingerprint density at radius 3 is 1.94 bits per heavy atom. The van der Waals surface area contributed by atoms with Gasteiger partial charge in [0.05, 0.1) is 0 Å². The van der Waals surface area contributed by atoms with Crippen molar-refractivity contribution in [2.24, 2.45) is 5.73 Å². The highest BCUT2D eigenvalue weighted by atomic mass is 32.1. The molecule has 2 aromatic heterocycles. The van der Waals surface area contributed by atoms with Crippen molar-refractivity contribution in [2.45, 2.75) is 12.8 Å². The Balaban J connectivity index is 0.000000160. The van der Waals surface area contributed by atoms with Crippen molar-refractivity contribution < 1.29 is 5.11 Å². The Morgan fingerprint density at radius 2 is 1.56 bits per heavy atom. The molecule has 0 atom stereocenters. The lowest BCUT2D eigenvalue weighted by Crippen LogP contribution is -2.00. The lowest BCUT2D eigenvalue weighted by molar-refractivity contribution is 0.300. The zero-order chi connectivity index (χ0) is 11.6. The van der Waals surface area contributed by atoms with Gasteiger partial charge in [0.15, 0.2) is 0 Å². The molecule has 0 aromatic carbocycles. The van der Waals surface area contributed by atoms with E-state index in [-0.39, 0.29) is 6.61 Å². The summed E-state index contributed by atoms with van der Waals surface area (Å²) < 4.78 is 0. The highest BCUT2D eigenvalue weighted by Crippen LogP contribution is 2.08. The van der Waals surface area contributed by atoms with E-state index < -0.39 is 0 Å². The molecule has 4 heteroatoms. The fourth-order valence-electron chi connectivity index (χ4n) is 1.16. The first-order chi connectivity index (χ1) is 7.86. The fraction of sp³-hybridized carbons (Fsp3) is 0.333. The summed E-state index contributed by atoms with van der Waals surface area (Å²) in [5.41, 5.74) is 5.33. The molecular weight excluding hydrogens is 238 g/mol. The SMILES string of the molecule is NCCc1cccs1.OCCc1cccs1. The van der Waals surface area contributed by atoms with Gasteiger partial charge in [-0.1, -0.05) is 12.1 Å². The largest absolute Gasteiger partial charge is 0.396 e. The Morgan fingerprint density at radius 1 is 1.00 bits per heavy atom. The molecule has 0 spiro atoms. The van der Waals surface area contributed by atoms with Gasteiger partial charge in [-0.15, -0.1) is 22.7 Å². The van der Waals surface area contributed by atoms with Crippen LogP contribution in [-0.2, 0) is 12.8 Å². The summed E-state index contributed by atoms with van der Waals surface area (Å²) in [4.78, 5) is 2.64. The van der Waals surface area contributed by atoms with Crippen LogP contribution < -0.4 is 5.73 Å². The van der Waals surface area contributed by atoms with Crippen molar-refractivity contribution in [1.29, 1.82) is 0 Å². The van der Waals surface area contributed by atoms with E-state index in [9.17, 15) is 0 Å². The van der Waals surface area contributed by atoms with Crippen LogP contribution in [0.4, 0.5) is 0 Å². The van der Waals surface area contributed by atoms with Crippen LogP contribution in [0.3, 0.4) is 0 Å². The van der Waals surface area contributed by atoms with Gasteiger partial charge in [0, 0.05) is 22.8 Å². The van der Waals surface area contributed by atoms with Crippen LogP contribution in [-0.4, -0.2) is 18.3 Å². The second-order valence-electron chi connectivity index (χ2n) is 3.17. The Labute approximate surface area is 104 Å². The van der Waals surface area contributed by atoms with Crippen molar-refractivity contribution in [3.8, 4) is 0 Å². The van der Waals surface area contributed by atoms with E-state index in [0.29, 0.717) is 0 Å². The van der Waals surface area contributed by atoms with E-state index in [4.69, 9.17) is 10.8 Å². The second-order valence-corrected chi connectivity index (χ2v) is 5.24. The smallest absolute Gasteiger partial charge is 0.0479 e. The summed E-state index contributed by atoms with van der Waals surface area (Å²) in [6.45, 7) is 1.03. The highest BCUT2D eigenvalue weighted by molar-refractivity contribution is 7.10. The molecule has 0 amide bonds. The molecule has 16 heavy (non-hydrogen) atoms. The molecule has 0 bridgehead atoms.